The first kappa shape index (κ1) is 30.6. The molecule has 0 bridgehead atoms. The zero-order valence-electron chi connectivity index (χ0n) is 23.9. The molecule has 0 aliphatic carbocycles. The SMILES string of the molecule is NC(=O)c1cc(O)ccc1CCC(=O)NC(Cc1ccc(OCc2ccccc2)cc1)C(=O)NCCN1CCCCC1. The number of phenols is 1. The summed E-state index contributed by atoms with van der Waals surface area (Å²) in [6, 6.07) is 21.0. The number of aromatic hydroxyl groups is 1. The summed E-state index contributed by atoms with van der Waals surface area (Å²) in [5, 5.41) is 15.6. The minimum absolute atomic E-state index is 0.0505. The summed E-state index contributed by atoms with van der Waals surface area (Å²) in [7, 11) is 0. The van der Waals surface area contributed by atoms with Gasteiger partial charge in [0.05, 0.1) is 0 Å². The fraction of sp³-hybridized carbons (Fsp3) is 0.364. The zero-order valence-corrected chi connectivity index (χ0v) is 23.9. The number of piperidine rings is 1. The number of hydrogen-bond acceptors (Lipinski definition) is 6. The van der Waals surface area contributed by atoms with E-state index in [0.717, 1.165) is 30.8 Å². The molecule has 3 aromatic rings. The normalized spacial score (nSPS) is 14.1. The van der Waals surface area contributed by atoms with Crippen molar-refractivity contribution in [1.29, 1.82) is 0 Å². The van der Waals surface area contributed by atoms with Gasteiger partial charge in [0.25, 0.3) is 0 Å². The Hall–Kier alpha value is -4.37. The number of nitrogens with one attached hydrogen (secondary N) is 2. The predicted molar refractivity (Wildman–Crippen MR) is 161 cm³/mol. The standard InChI is InChI=1S/C33H40N4O5/c34-32(40)29-22-27(38)13-11-26(29)12-16-31(39)36-30(33(41)35-17-20-37-18-5-2-6-19-37)21-24-9-14-28(15-10-24)42-23-25-7-3-1-4-8-25/h1,3-4,7-11,13-15,22,30,38H,2,5-6,12,16-21,23H2,(H2,34,40)(H,35,41)(H,36,39). The van der Waals surface area contributed by atoms with Crippen LogP contribution in [0.4, 0.5) is 0 Å². The third-order valence-corrected chi connectivity index (χ3v) is 7.42. The first-order valence-corrected chi connectivity index (χ1v) is 14.5. The number of aryl methyl sites for hydroxylation is 1. The monoisotopic (exact) mass is 572 g/mol. The fourth-order valence-corrected chi connectivity index (χ4v) is 5.08. The van der Waals surface area contributed by atoms with Gasteiger partial charge in [-0.2, -0.15) is 0 Å². The van der Waals surface area contributed by atoms with E-state index in [0.29, 0.717) is 30.9 Å². The van der Waals surface area contributed by atoms with Crippen molar-refractivity contribution in [2.75, 3.05) is 26.2 Å². The van der Waals surface area contributed by atoms with Crippen LogP contribution in [0, 0.1) is 0 Å². The van der Waals surface area contributed by atoms with Crippen molar-refractivity contribution in [2.24, 2.45) is 5.73 Å². The molecule has 4 rings (SSSR count). The van der Waals surface area contributed by atoms with Gasteiger partial charge >= 0.3 is 0 Å². The van der Waals surface area contributed by atoms with Crippen LogP contribution in [0.3, 0.4) is 0 Å². The van der Waals surface area contributed by atoms with Crippen molar-refractivity contribution in [3.8, 4) is 11.5 Å². The number of benzene rings is 3. The molecule has 1 saturated heterocycles. The van der Waals surface area contributed by atoms with Gasteiger partial charge in [0, 0.05) is 31.5 Å². The van der Waals surface area contributed by atoms with Crippen LogP contribution in [-0.4, -0.2) is 59.9 Å². The summed E-state index contributed by atoms with van der Waals surface area (Å²) >= 11 is 0. The summed E-state index contributed by atoms with van der Waals surface area (Å²) in [6.07, 6.45) is 4.20. The lowest BCUT2D eigenvalue weighted by Gasteiger charge is -2.27. The van der Waals surface area contributed by atoms with Gasteiger partial charge < -0.3 is 31.1 Å². The minimum atomic E-state index is -0.773. The number of carbonyl (C=O) groups is 3. The Labute approximate surface area is 247 Å². The number of rotatable bonds is 14. The molecule has 5 N–H and O–H groups in total. The molecule has 1 atom stereocenters. The van der Waals surface area contributed by atoms with Gasteiger partial charge in [-0.3, -0.25) is 14.4 Å². The smallest absolute Gasteiger partial charge is 0.249 e. The number of hydrogen-bond donors (Lipinski definition) is 4. The Morgan fingerprint density at radius 2 is 1.67 bits per heavy atom. The molecule has 0 radical (unpaired) electrons. The second-order valence-electron chi connectivity index (χ2n) is 10.6. The number of likely N-dealkylation sites (tertiary alicyclic amines) is 1. The van der Waals surface area contributed by atoms with E-state index in [-0.39, 0.29) is 36.0 Å². The van der Waals surface area contributed by atoms with Crippen molar-refractivity contribution in [3.63, 3.8) is 0 Å². The van der Waals surface area contributed by atoms with Crippen molar-refractivity contribution in [3.05, 3.63) is 95.1 Å². The molecule has 42 heavy (non-hydrogen) atoms. The molecule has 3 aromatic carbocycles. The van der Waals surface area contributed by atoms with Gasteiger partial charge in [0.1, 0.15) is 24.1 Å². The lowest BCUT2D eigenvalue weighted by Crippen LogP contribution is -2.49. The highest BCUT2D eigenvalue weighted by Crippen LogP contribution is 2.19. The van der Waals surface area contributed by atoms with Gasteiger partial charge in [0.15, 0.2) is 0 Å². The predicted octanol–water partition coefficient (Wildman–Crippen LogP) is 3.33. The van der Waals surface area contributed by atoms with Gasteiger partial charge in [-0.15, -0.1) is 0 Å². The number of primary amides is 1. The molecule has 1 aliphatic heterocycles. The van der Waals surface area contributed by atoms with Crippen molar-refractivity contribution >= 4 is 17.7 Å². The molecule has 9 heteroatoms. The van der Waals surface area contributed by atoms with E-state index in [1.807, 2.05) is 54.6 Å². The average Bonchev–Trinajstić information content (AvgIpc) is 3.00. The topological polar surface area (TPSA) is 134 Å². The molecular formula is C33H40N4O5. The Balaban J connectivity index is 1.36. The van der Waals surface area contributed by atoms with Gasteiger partial charge in [-0.1, -0.05) is 55.0 Å². The minimum Gasteiger partial charge on any atom is -0.508 e. The number of nitrogens with zero attached hydrogens (tertiary/aromatic N) is 1. The number of carbonyl (C=O) groups excluding carboxylic acids is 3. The van der Waals surface area contributed by atoms with E-state index in [2.05, 4.69) is 15.5 Å². The van der Waals surface area contributed by atoms with Gasteiger partial charge in [-0.05, 0) is 73.3 Å². The van der Waals surface area contributed by atoms with E-state index >= 15 is 0 Å². The first-order chi connectivity index (χ1) is 20.4. The van der Waals surface area contributed by atoms with Crippen LogP contribution in [0.2, 0.25) is 0 Å². The molecule has 1 fully saturated rings. The quantitative estimate of drug-likeness (QED) is 0.234. The van der Waals surface area contributed by atoms with E-state index < -0.39 is 11.9 Å². The Morgan fingerprint density at radius 3 is 2.38 bits per heavy atom. The summed E-state index contributed by atoms with van der Waals surface area (Å²) < 4.78 is 5.88. The third-order valence-electron chi connectivity index (χ3n) is 7.42. The summed E-state index contributed by atoms with van der Waals surface area (Å²) in [6.45, 7) is 3.82. The summed E-state index contributed by atoms with van der Waals surface area (Å²) in [5.74, 6) is -0.601. The summed E-state index contributed by atoms with van der Waals surface area (Å²) in [4.78, 5) is 40.4. The number of phenolic OH excluding ortho intramolecular Hbond substituents is 1. The molecule has 1 unspecified atom stereocenters. The van der Waals surface area contributed by atoms with Gasteiger partial charge in [0.2, 0.25) is 17.7 Å². The maximum atomic E-state index is 13.2. The lowest BCUT2D eigenvalue weighted by atomic mass is 10.0. The van der Waals surface area contributed by atoms with Crippen LogP contribution in [0.15, 0.2) is 72.8 Å². The molecular weight excluding hydrogens is 532 g/mol. The van der Waals surface area contributed by atoms with Crippen LogP contribution in [-0.2, 0) is 29.0 Å². The average molecular weight is 573 g/mol. The largest absolute Gasteiger partial charge is 0.508 e. The van der Waals surface area contributed by atoms with Crippen LogP contribution < -0.4 is 21.1 Å². The number of ether oxygens (including phenoxy) is 1. The van der Waals surface area contributed by atoms with E-state index in [4.69, 9.17) is 10.5 Å². The van der Waals surface area contributed by atoms with Crippen molar-refractivity contribution in [1.82, 2.24) is 15.5 Å². The molecule has 0 aromatic heterocycles. The molecule has 222 valence electrons. The maximum Gasteiger partial charge on any atom is 0.249 e. The van der Waals surface area contributed by atoms with Crippen LogP contribution in [0.25, 0.3) is 0 Å². The lowest BCUT2D eigenvalue weighted by molar-refractivity contribution is -0.129. The number of nitrogens with two attached hydrogens (primary N) is 1. The van der Waals surface area contributed by atoms with Crippen molar-refractivity contribution in [2.45, 2.75) is 51.2 Å². The van der Waals surface area contributed by atoms with E-state index in [1.165, 1.54) is 31.4 Å². The third kappa shape index (κ3) is 9.62. The fourth-order valence-electron chi connectivity index (χ4n) is 5.08. The highest BCUT2D eigenvalue weighted by Gasteiger charge is 2.22. The first-order valence-electron chi connectivity index (χ1n) is 14.5. The number of amides is 3. The van der Waals surface area contributed by atoms with E-state index in [1.54, 1.807) is 6.07 Å². The van der Waals surface area contributed by atoms with Crippen LogP contribution in [0.5, 0.6) is 11.5 Å². The second kappa shape index (κ2) is 15.6. The van der Waals surface area contributed by atoms with Crippen LogP contribution >= 0.6 is 0 Å². The van der Waals surface area contributed by atoms with E-state index in [9.17, 15) is 19.5 Å². The maximum absolute atomic E-state index is 13.2. The van der Waals surface area contributed by atoms with Crippen LogP contribution in [0.1, 0.15) is 52.7 Å². The molecule has 0 spiro atoms. The summed E-state index contributed by atoms with van der Waals surface area (Å²) in [5.41, 5.74) is 8.12. The Kier molecular flexibility index (Phi) is 11.3. The second-order valence-corrected chi connectivity index (χ2v) is 10.6. The van der Waals surface area contributed by atoms with Gasteiger partial charge in [-0.25, -0.2) is 0 Å². The molecule has 3 amide bonds. The molecule has 9 nitrogen and oxygen atoms in total. The Morgan fingerprint density at radius 1 is 0.929 bits per heavy atom. The molecule has 1 aliphatic rings. The van der Waals surface area contributed by atoms with Crippen molar-refractivity contribution < 1.29 is 24.2 Å². The highest BCUT2D eigenvalue weighted by molar-refractivity contribution is 5.95. The molecule has 0 saturated carbocycles. The zero-order chi connectivity index (χ0) is 29.7. The Bertz CT molecular complexity index is 1320. The highest BCUT2D eigenvalue weighted by atomic mass is 16.5. The molecule has 1 heterocycles.